The van der Waals surface area contributed by atoms with E-state index in [1.807, 2.05) is 16.7 Å². The van der Waals surface area contributed by atoms with E-state index in [1.165, 1.54) is 6.07 Å². The summed E-state index contributed by atoms with van der Waals surface area (Å²) in [4.78, 5) is 19.6. The summed E-state index contributed by atoms with van der Waals surface area (Å²) in [6.07, 6.45) is 4.25. The molecular weight excluding hydrogens is 466 g/mol. The van der Waals surface area contributed by atoms with Crippen LogP contribution in [0.4, 0.5) is 20.5 Å². The number of fused-ring (bicyclic) bond motifs is 3. The normalized spacial score (nSPS) is 18.0. The number of hydrogen-bond acceptors (Lipinski definition) is 8. The molecule has 0 saturated carbocycles. The standard InChI is InChI=1S/C25H26F2N8O/c26-18-9-16(10-20-24(18)32-22-4-2-17(14-36)35(20)22)23-19(27)12-30-25(33-23)31-21-3-1-15(11-29-21)13-34-7-5-28-6-8-34/h1,3,9-12,17,28,36H,2,4-8,13-14H2,(H,29,30,31,33)/t17-/m0/s1. The number of halogens is 2. The molecular formula is C25H26F2N8O. The lowest BCUT2D eigenvalue weighted by atomic mass is 10.1. The van der Waals surface area contributed by atoms with Gasteiger partial charge in [0, 0.05) is 50.9 Å². The number of nitrogens with zero attached hydrogens (tertiary/aromatic N) is 6. The second-order valence-corrected chi connectivity index (χ2v) is 9.19. The van der Waals surface area contributed by atoms with Gasteiger partial charge in [0.25, 0.3) is 0 Å². The second kappa shape index (κ2) is 9.49. The molecule has 1 saturated heterocycles. The van der Waals surface area contributed by atoms with E-state index in [2.05, 4.69) is 35.5 Å². The van der Waals surface area contributed by atoms with Crippen LogP contribution < -0.4 is 10.6 Å². The predicted molar refractivity (Wildman–Crippen MR) is 131 cm³/mol. The molecule has 4 aromatic rings. The molecule has 36 heavy (non-hydrogen) atoms. The van der Waals surface area contributed by atoms with E-state index in [0.29, 0.717) is 17.8 Å². The number of aliphatic hydroxyl groups excluding tert-OH is 1. The Morgan fingerprint density at radius 1 is 1.06 bits per heavy atom. The summed E-state index contributed by atoms with van der Waals surface area (Å²) in [7, 11) is 0. The highest BCUT2D eigenvalue weighted by molar-refractivity contribution is 5.83. The lowest BCUT2D eigenvalue weighted by Crippen LogP contribution is -2.42. The van der Waals surface area contributed by atoms with Gasteiger partial charge in [0.2, 0.25) is 5.95 Å². The number of hydrogen-bond donors (Lipinski definition) is 3. The van der Waals surface area contributed by atoms with Crippen molar-refractivity contribution in [3.63, 3.8) is 0 Å². The number of benzene rings is 1. The van der Waals surface area contributed by atoms with Gasteiger partial charge in [-0.2, -0.15) is 0 Å². The van der Waals surface area contributed by atoms with Crippen molar-refractivity contribution < 1.29 is 13.9 Å². The topological polar surface area (TPSA) is 104 Å². The number of anilines is 2. The third kappa shape index (κ3) is 4.29. The molecule has 3 aromatic heterocycles. The molecule has 0 amide bonds. The van der Waals surface area contributed by atoms with Gasteiger partial charge in [-0.05, 0) is 30.2 Å². The average Bonchev–Trinajstić information content (AvgIpc) is 3.47. The van der Waals surface area contributed by atoms with Crippen LogP contribution in [0.15, 0.2) is 36.7 Å². The molecule has 0 spiro atoms. The zero-order valence-electron chi connectivity index (χ0n) is 19.6. The second-order valence-electron chi connectivity index (χ2n) is 9.19. The largest absolute Gasteiger partial charge is 0.394 e. The molecule has 5 heterocycles. The van der Waals surface area contributed by atoms with Crippen LogP contribution >= 0.6 is 0 Å². The molecule has 186 valence electrons. The molecule has 0 bridgehead atoms. The van der Waals surface area contributed by atoms with Gasteiger partial charge in [0.05, 0.1) is 24.4 Å². The Morgan fingerprint density at radius 3 is 2.69 bits per heavy atom. The molecule has 1 fully saturated rings. The van der Waals surface area contributed by atoms with Crippen LogP contribution in [0.2, 0.25) is 0 Å². The van der Waals surface area contributed by atoms with Crippen molar-refractivity contribution in [1.29, 1.82) is 0 Å². The van der Waals surface area contributed by atoms with Gasteiger partial charge in [-0.15, -0.1) is 0 Å². The van der Waals surface area contributed by atoms with Crippen LogP contribution in [0.25, 0.3) is 22.3 Å². The van der Waals surface area contributed by atoms with Crippen LogP contribution in [0.5, 0.6) is 0 Å². The maximum atomic E-state index is 15.0. The van der Waals surface area contributed by atoms with E-state index in [0.717, 1.165) is 56.7 Å². The first-order valence-electron chi connectivity index (χ1n) is 12.1. The summed E-state index contributed by atoms with van der Waals surface area (Å²) in [6.45, 7) is 4.74. The van der Waals surface area contributed by atoms with Crippen LogP contribution in [0.3, 0.4) is 0 Å². The van der Waals surface area contributed by atoms with Gasteiger partial charge in [-0.3, -0.25) is 4.90 Å². The van der Waals surface area contributed by atoms with E-state index in [9.17, 15) is 13.9 Å². The lowest BCUT2D eigenvalue weighted by molar-refractivity contribution is 0.233. The van der Waals surface area contributed by atoms with Crippen LogP contribution in [0, 0.1) is 11.6 Å². The van der Waals surface area contributed by atoms with Gasteiger partial charge in [-0.25, -0.2) is 28.7 Å². The summed E-state index contributed by atoms with van der Waals surface area (Å²) in [5, 5.41) is 16.1. The number of aromatic nitrogens is 5. The summed E-state index contributed by atoms with van der Waals surface area (Å²) >= 11 is 0. The van der Waals surface area contributed by atoms with E-state index in [4.69, 9.17) is 0 Å². The molecule has 2 aliphatic heterocycles. The van der Waals surface area contributed by atoms with Gasteiger partial charge in [0.1, 0.15) is 22.9 Å². The van der Waals surface area contributed by atoms with Crippen molar-refractivity contribution in [3.05, 3.63) is 59.7 Å². The zero-order valence-corrected chi connectivity index (χ0v) is 19.6. The van der Waals surface area contributed by atoms with Gasteiger partial charge in [-0.1, -0.05) is 6.07 Å². The van der Waals surface area contributed by atoms with E-state index >= 15 is 0 Å². The van der Waals surface area contributed by atoms with Crippen LogP contribution in [-0.4, -0.2) is 67.3 Å². The molecule has 0 unspecified atom stereocenters. The van der Waals surface area contributed by atoms with Crippen molar-refractivity contribution in [1.82, 2.24) is 34.7 Å². The maximum absolute atomic E-state index is 15.0. The van der Waals surface area contributed by atoms with E-state index < -0.39 is 11.6 Å². The molecule has 11 heteroatoms. The Bertz CT molecular complexity index is 1400. The molecule has 1 atom stereocenters. The Morgan fingerprint density at radius 2 is 1.92 bits per heavy atom. The first kappa shape index (κ1) is 22.9. The number of aryl methyl sites for hydroxylation is 1. The van der Waals surface area contributed by atoms with E-state index in [1.54, 1.807) is 12.3 Å². The van der Waals surface area contributed by atoms with Crippen molar-refractivity contribution >= 4 is 22.8 Å². The molecule has 1 aromatic carbocycles. The number of pyridine rings is 1. The molecule has 0 radical (unpaired) electrons. The zero-order chi connectivity index (χ0) is 24.6. The first-order valence-corrected chi connectivity index (χ1v) is 12.1. The number of rotatable bonds is 6. The van der Waals surface area contributed by atoms with E-state index in [-0.39, 0.29) is 35.4 Å². The van der Waals surface area contributed by atoms with Crippen molar-refractivity contribution in [2.45, 2.75) is 25.4 Å². The van der Waals surface area contributed by atoms with Crippen molar-refractivity contribution in [3.8, 4) is 11.3 Å². The Kier molecular flexibility index (Phi) is 6.04. The SMILES string of the molecule is OC[C@@H]1CCc2nc3c(F)cc(-c4nc(Nc5ccc(CN6CCNCC6)cn5)ncc4F)cc3n21. The van der Waals surface area contributed by atoms with Crippen LogP contribution in [0.1, 0.15) is 23.9 Å². The van der Waals surface area contributed by atoms with Gasteiger partial charge < -0.3 is 20.3 Å². The predicted octanol–water partition coefficient (Wildman–Crippen LogP) is 2.79. The fraction of sp³-hybridized carbons (Fsp3) is 0.360. The summed E-state index contributed by atoms with van der Waals surface area (Å²) in [5.74, 6) is 0.171. The molecule has 0 aliphatic carbocycles. The number of aliphatic hydroxyl groups is 1. The average molecular weight is 493 g/mol. The quantitative estimate of drug-likeness (QED) is 0.378. The Labute approximate surface area is 206 Å². The Hall–Kier alpha value is -3.54. The monoisotopic (exact) mass is 492 g/mol. The molecule has 3 N–H and O–H groups in total. The fourth-order valence-corrected chi connectivity index (χ4v) is 4.98. The minimum atomic E-state index is -0.668. The van der Waals surface area contributed by atoms with Crippen molar-refractivity contribution in [2.24, 2.45) is 0 Å². The third-order valence-electron chi connectivity index (χ3n) is 6.80. The molecule has 6 rings (SSSR count). The minimum Gasteiger partial charge on any atom is -0.394 e. The highest BCUT2D eigenvalue weighted by Crippen LogP contribution is 2.34. The lowest BCUT2D eigenvalue weighted by Gasteiger charge is -2.27. The number of nitrogens with one attached hydrogen (secondary N) is 2. The van der Waals surface area contributed by atoms with Crippen LogP contribution in [-0.2, 0) is 13.0 Å². The summed E-state index contributed by atoms with van der Waals surface area (Å²) < 4.78 is 31.6. The molecule has 9 nitrogen and oxygen atoms in total. The minimum absolute atomic E-state index is 0.0299. The highest BCUT2D eigenvalue weighted by Gasteiger charge is 2.27. The fourth-order valence-electron chi connectivity index (χ4n) is 4.98. The maximum Gasteiger partial charge on any atom is 0.229 e. The highest BCUT2D eigenvalue weighted by atomic mass is 19.1. The Balaban J connectivity index is 1.26. The smallest absolute Gasteiger partial charge is 0.229 e. The van der Waals surface area contributed by atoms with Gasteiger partial charge in [0.15, 0.2) is 11.6 Å². The van der Waals surface area contributed by atoms with Crippen molar-refractivity contribution in [2.75, 3.05) is 38.1 Å². The number of piperazine rings is 1. The van der Waals surface area contributed by atoms with Gasteiger partial charge >= 0.3 is 0 Å². The third-order valence-corrected chi connectivity index (χ3v) is 6.80. The first-order chi connectivity index (χ1) is 17.6. The summed E-state index contributed by atoms with van der Waals surface area (Å²) in [5.41, 5.74) is 2.07. The summed E-state index contributed by atoms with van der Waals surface area (Å²) in [6, 6.07) is 6.55. The molecule has 2 aliphatic rings. The number of imidazole rings is 1.